The minimum absolute atomic E-state index is 0.0162. The van der Waals surface area contributed by atoms with E-state index >= 15 is 0 Å². The number of ether oxygens (including phenoxy) is 1. The van der Waals surface area contributed by atoms with E-state index in [1.807, 2.05) is 13.8 Å². The number of nitrogens with zero attached hydrogens (tertiary/aromatic N) is 1. The number of nitrogens with one attached hydrogen (secondary N) is 2. The predicted molar refractivity (Wildman–Crippen MR) is 93.3 cm³/mol. The van der Waals surface area contributed by atoms with Crippen LogP contribution in [0, 0.1) is 0 Å². The Bertz CT molecular complexity index is 741. The zero-order valence-corrected chi connectivity index (χ0v) is 14.4. The number of H-pyrrole nitrogens is 1. The zero-order valence-electron chi connectivity index (χ0n) is 13.6. The topological polar surface area (TPSA) is 84.1 Å². The van der Waals surface area contributed by atoms with Crippen molar-refractivity contribution in [2.75, 3.05) is 13.2 Å². The number of aromatic amines is 1. The Morgan fingerprint density at radius 1 is 1.33 bits per heavy atom. The van der Waals surface area contributed by atoms with E-state index in [2.05, 4.69) is 15.3 Å². The smallest absolute Gasteiger partial charge is 0.264 e. The summed E-state index contributed by atoms with van der Waals surface area (Å²) in [7, 11) is 0. The van der Waals surface area contributed by atoms with Crippen molar-refractivity contribution in [2.24, 2.45) is 0 Å². The summed E-state index contributed by atoms with van der Waals surface area (Å²) in [6, 6.07) is 6.90. The third kappa shape index (κ3) is 5.18. The molecule has 0 aliphatic rings. The summed E-state index contributed by atoms with van der Waals surface area (Å²) in [6.45, 7) is 4.89. The monoisotopic (exact) mass is 349 g/mol. The van der Waals surface area contributed by atoms with Crippen LogP contribution >= 0.6 is 11.6 Å². The molecular weight excluding hydrogens is 330 g/mol. The van der Waals surface area contributed by atoms with Gasteiger partial charge in [-0.3, -0.25) is 9.59 Å². The molecule has 2 aromatic rings. The summed E-state index contributed by atoms with van der Waals surface area (Å²) in [5.41, 5.74) is 0.220. The van der Waals surface area contributed by atoms with Gasteiger partial charge in [0.05, 0.1) is 6.10 Å². The van der Waals surface area contributed by atoms with Gasteiger partial charge in [-0.2, -0.15) is 0 Å². The van der Waals surface area contributed by atoms with Crippen LogP contribution in [0.4, 0.5) is 0 Å². The van der Waals surface area contributed by atoms with E-state index in [0.29, 0.717) is 36.0 Å². The summed E-state index contributed by atoms with van der Waals surface area (Å²) in [6.07, 6.45) is 2.12. The summed E-state index contributed by atoms with van der Waals surface area (Å²) in [5, 5.41) is 3.28. The summed E-state index contributed by atoms with van der Waals surface area (Å²) in [4.78, 5) is 30.9. The zero-order chi connectivity index (χ0) is 17.5. The Morgan fingerprint density at radius 2 is 2.04 bits per heavy atom. The van der Waals surface area contributed by atoms with Crippen LogP contribution in [0.3, 0.4) is 0 Å². The lowest BCUT2D eigenvalue weighted by Crippen LogP contribution is -2.31. The quantitative estimate of drug-likeness (QED) is 0.752. The Balaban J connectivity index is 1.98. The molecule has 0 saturated carbocycles. The van der Waals surface area contributed by atoms with E-state index in [1.165, 1.54) is 6.20 Å². The Morgan fingerprint density at radius 3 is 2.67 bits per heavy atom. The van der Waals surface area contributed by atoms with Crippen molar-refractivity contribution in [3.05, 3.63) is 51.4 Å². The highest BCUT2D eigenvalue weighted by molar-refractivity contribution is 6.30. The summed E-state index contributed by atoms with van der Waals surface area (Å²) < 4.78 is 5.39. The lowest BCUT2D eigenvalue weighted by Gasteiger charge is -2.08. The molecule has 1 amide bonds. The first-order valence-corrected chi connectivity index (χ1v) is 8.10. The van der Waals surface area contributed by atoms with E-state index in [4.69, 9.17) is 16.3 Å². The number of rotatable bonds is 7. The van der Waals surface area contributed by atoms with Gasteiger partial charge in [-0.1, -0.05) is 11.6 Å². The highest BCUT2D eigenvalue weighted by Gasteiger charge is 2.12. The largest absolute Gasteiger partial charge is 0.379 e. The van der Waals surface area contributed by atoms with Crippen LogP contribution in [0.5, 0.6) is 0 Å². The van der Waals surface area contributed by atoms with E-state index in [9.17, 15) is 9.59 Å². The van der Waals surface area contributed by atoms with Crippen molar-refractivity contribution < 1.29 is 9.53 Å². The van der Waals surface area contributed by atoms with Crippen molar-refractivity contribution in [1.29, 1.82) is 0 Å². The van der Waals surface area contributed by atoms with Crippen LogP contribution in [0.2, 0.25) is 5.02 Å². The van der Waals surface area contributed by atoms with Crippen LogP contribution < -0.4 is 10.9 Å². The van der Waals surface area contributed by atoms with Crippen LogP contribution in [0.1, 0.15) is 30.6 Å². The number of carbonyl (C=O) groups excluding carboxylic acids is 1. The van der Waals surface area contributed by atoms with Crippen LogP contribution in [-0.2, 0) is 4.74 Å². The number of hydrogen-bond donors (Lipinski definition) is 2. The molecule has 2 rings (SSSR count). The molecule has 0 fully saturated rings. The standard InChI is InChI=1S/C17H20ClN3O3/c1-11(2)24-9-3-8-19-16(22)14-10-20-15(21-17(14)23)12-4-6-13(18)7-5-12/h4-7,10-11H,3,8-9H2,1-2H3,(H,19,22)(H,20,21,23). The number of carbonyl (C=O) groups is 1. The van der Waals surface area contributed by atoms with Gasteiger partial charge in [0, 0.05) is 29.9 Å². The molecule has 0 bridgehead atoms. The molecule has 0 saturated heterocycles. The fourth-order valence-corrected chi connectivity index (χ4v) is 2.13. The number of amides is 1. The van der Waals surface area contributed by atoms with Gasteiger partial charge in [0.25, 0.3) is 11.5 Å². The van der Waals surface area contributed by atoms with Crippen molar-refractivity contribution in [2.45, 2.75) is 26.4 Å². The Kier molecular flexibility index (Phi) is 6.52. The molecule has 7 heteroatoms. The second-order valence-electron chi connectivity index (χ2n) is 5.51. The first kappa shape index (κ1) is 18.2. The molecule has 2 N–H and O–H groups in total. The molecule has 1 aromatic carbocycles. The molecule has 0 atom stereocenters. The minimum atomic E-state index is -0.481. The van der Waals surface area contributed by atoms with Gasteiger partial charge in [0.1, 0.15) is 11.4 Å². The number of benzene rings is 1. The van der Waals surface area contributed by atoms with Crippen LogP contribution in [0.25, 0.3) is 11.4 Å². The first-order chi connectivity index (χ1) is 11.5. The fraction of sp³-hybridized carbons (Fsp3) is 0.353. The van der Waals surface area contributed by atoms with Crippen molar-refractivity contribution in [3.8, 4) is 11.4 Å². The average molecular weight is 350 g/mol. The Labute approximate surface area is 145 Å². The number of halogens is 1. The Hall–Kier alpha value is -2.18. The third-order valence-electron chi connectivity index (χ3n) is 3.22. The normalized spacial score (nSPS) is 10.8. The molecule has 0 radical (unpaired) electrons. The SMILES string of the molecule is CC(C)OCCCNC(=O)c1cnc(-c2ccc(Cl)cc2)[nH]c1=O. The van der Waals surface area contributed by atoms with E-state index < -0.39 is 11.5 Å². The summed E-state index contributed by atoms with van der Waals surface area (Å²) in [5.74, 6) is -0.0606. The third-order valence-corrected chi connectivity index (χ3v) is 3.47. The van der Waals surface area contributed by atoms with E-state index in [-0.39, 0.29) is 11.7 Å². The molecule has 24 heavy (non-hydrogen) atoms. The molecule has 0 aliphatic heterocycles. The van der Waals surface area contributed by atoms with Gasteiger partial charge in [0.15, 0.2) is 0 Å². The lowest BCUT2D eigenvalue weighted by atomic mass is 10.2. The maximum atomic E-state index is 12.1. The van der Waals surface area contributed by atoms with Gasteiger partial charge >= 0.3 is 0 Å². The maximum absolute atomic E-state index is 12.1. The molecule has 0 spiro atoms. The van der Waals surface area contributed by atoms with Crippen molar-refractivity contribution in [1.82, 2.24) is 15.3 Å². The second kappa shape index (κ2) is 8.61. The molecular formula is C17H20ClN3O3. The van der Waals surface area contributed by atoms with Crippen LogP contribution in [0.15, 0.2) is 35.3 Å². The van der Waals surface area contributed by atoms with Gasteiger partial charge in [-0.05, 0) is 44.5 Å². The second-order valence-corrected chi connectivity index (χ2v) is 5.95. The minimum Gasteiger partial charge on any atom is -0.379 e. The molecule has 6 nitrogen and oxygen atoms in total. The summed E-state index contributed by atoms with van der Waals surface area (Å²) >= 11 is 5.83. The molecule has 0 unspecified atom stereocenters. The maximum Gasteiger partial charge on any atom is 0.264 e. The molecule has 128 valence electrons. The average Bonchev–Trinajstić information content (AvgIpc) is 2.54. The first-order valence-electron chi connectivity index (χ1n) is 7.72. The van der Waals surface area contributed by atoms with Gasteiger partial charge in [0.2, 0.25) is 0 Å². The highest BCUT2D eigenvalue weighted by Crippen LogP contribution is 2.16. The van der Waals surface area contributed by atoms with Gasteiger partial charge in [-0.25, -0.2) is 4.98 Å². The van der Waals surface area contributed by atoms with Crippen molar-refractivity contribution >= 4 is 17.5 Å². The van der Waals surface area contributed by atoms with Crippen LogP contribution in [-0.4, -0.2) is 35.1 Å². The molecule has 0 aliphatic carbocycles. The molecule has 1 aromatic heterocycles. The predicted octanol–water partition coefficient (Wildman–Crippen LogP) is 2.64. The molecule has 1 heterocycles. The van der Waals surface area contributed by atoms with E-state index in [0.717, 1.165) is 0 Å². The number of hydrogen-bond acceptors (Lipinski definition) is 4. The lowest BCUT2D eigenvalue weighted by molar-refractivity contribution is 0.0757. The fourth-order valence-electron chi connectivity index (χ4n) is 2.00. The highest BCUT2D eigenvalue weighted by atomic mass is 35.5. The number of aromatic nitrogens is 2. The van der Waals surface area contributed by atoms with Gasteiger partial charge in [-0.15, -0.1) is 0 Å². The van der Waals surface area contributed by atoms with E-state index in [1.54, 1.807) is 24.3 Å². The van der Waals surface area contributed by atoms with Crippen molar-refractivity contribution in [3.63, 3.8) is 0 Å². The van der Waals surface area contributed by atoms with Gasteiger partial charge < -0.3 is 15.0 Å².